The van der Waals surface area contributed by atoms with E-state index in [0.717, 1.165) is 12.3 Å². The summed E-state index contributed by atoms with van der Waals surface area (Å²) in [4.78, 5) is 3.66. The average molecular weight is 594 g/mol. The van der Waals surface area contributed by atoms with Crippen LogP contribution in [0.1, 0.15) is 18.4 Å². The summed E-state index contributed by atoms with van der Waals surface area (Å²) in [6.07, 6.45) is -0.814. The van der Waals surface area contributed by atoms with Gasteiger partial charge in [0.05, 0.1) is 27.7 Å². The number of aromatic nitrogens is 1. The molecule has 2 rings (SSSR count). The average Bonchev–Trinajstić information content (AvgIpc) is 2.65. The molecule has 11 heteroatoms. The number of halogens is 7. The van der Waals surface area contributed by atoms with Crippen LogP contribution in [-0.4, -0.2) is 24.8 Å². The normalized spacial score (nSPS) is 11.2. The van der Waals surface area contributed by atoms with Crippen LogP contribution in [0.4, 0.5) is 13.2 Å². The minimum atomic E-state index is -4.41. The van der Waals surface area contributed by atoms with Crippen LogP contribution in [0, 0.1) is 0 Å². The number of alkyl halides is 3. The number of benzene rings is 1. The lowest BCUT2D eigenvalue weighted by Gasteiger charge is -2.13. The van der Waals surface area contributed by atoms with Gasteiger partial charge in [0.1, 0.15) is 22.6 Å². The Morgan fingerprint density at radius 1 is 1.00 bits per heavy atom. The maximum absolute atomic E-state index is 12.5. The fourth-order valence-electron chi connectivity index (χ4n) is 2.15. The standard InChI is InChI=1S/C19H16Br2Cl2F3NO3/c20-14-9-13(28-8-5-16(22)23)10-15(21)18(14)30-7-2-1-6-29-17-4-3-12(11-27-17)19(24,25)26/h3-5,9-11H,1-2,6-8H2. The van der Waals surface area contributed by atoms with Crippen LogP contribution in [0.25, 0.3) is 0 Å². The smallest absolute Gasteiger partial charge is 0.417 e. The molecular weight excluding hydrogens is 578 g/mol. The SMILES string of the molecule is FC(F)(F)c1ccc(OCCCCOc2c(Br)cc(OCC=C(Cl)Cl)cc2Br)nc1. The van der Waals surface area contributed by atoms with Crippen LogP contribution in [0.5, 0.6) is 17.4 Å². The van der Waals surface area contributed by atoms with Gasteiger partial charge in [-0.05, 0) is 69.0 Å². The number of nitrogens with zero attached hydrogens (tertiary/aromatic N) is 1. The second-order valence-electron chi connectivity index (χ2n) is 5.81. The lowest BCUT2D eigenvalue weighted by molar-refractivity contribution is -0.137. The van der Waals surface area contributed by atoms with Crippen molar-refractivity contribution in [1.82, 2.24) is 4.98 Å². The van der Waals surface area contributed by atoms with Crippen molar-refractivity contribution in [3.63, 3.8) is 0 Å². The highest BCUT2D eigenvalue weighted by atomic mass is 79.9. The number of ether oxygens (including phenoxy) is 3. The van der Waals surface area contributed by atoms with Gasteiger partial charge in [-0.1, -0.05) is 23.2 Å². The number of unbranched alkanes of at least 4 members (excludes halogenated alkanes) is 1. The molecule has 0 unspecified atom stereocenters. The van der Waals surface area contributed by atoms with Crippen molar-refractivity contribution < 1.29 is 27.4 Å². The molecular formula is C19H16Br2Cl2F3NO3. The van der Waals surface area contributed by atoms with Crippen LogP contribution >= 0.6 is 55.1 Å². The third-order valence-electron chi connectivity index (χ3n) is 3.56. The van der Waals surface area contributed by atoms with Gasteiger partial charge in [-0.25, -0.2) is 4.98 Å². The molecule has 2 aromatic rings. The third kappa shape index (κ3) is 8.53. The molecule has 4 nitrogen and oxygen atoms in total. The Bertz CT molecular complexity index is 838. The summed E-state index contributed by atoms with van der Waals surface area (Å²) in [5, 5.41) is 0. The highest BCUT2D eigenvalue weighted by molar-refractivity contribution is 9.11. The maximum Gasteiger partial charge on any atom is 0.417 e. The minimum Gasteiger partial charge on any atom is -0.491 e. The van der Waals surface area contributed by atoms with Gasteiger partial charge in [-0.2, -0.15) is 13.2 Å². The van der Waals surface area contributed by atoms with E-state index >= 15 is 0 Å². The number of pyridine rings is 1. The highest BCUT2D eigenvalue weighted by Crippen LogP contribution is 2.37. The van der Waals surface area contributed by atoms with Crippen molar-refractivity contribution in [2.75, 3.05) is 19.8 Å². The maximum atomic E-state index is 12.5. The fourth-order valence-corrected chi connectivity index (χ4v) is 3.65. The minimum absolute atomic E-state index is 0.131. The largest absolute Gasteiger partial charge is 0.491 e. The summed E-state index contributed by atoms with van der Waals surface area (Å²) in [6, 6.07) is 5.66. The van der Waals surface area contributed by atoms with Gasteiger partial charge in [-0.3, -0.25) is 0 Å². The molecule has 164 valence electrons. The van der Waals surface area contributed by atoms with Crippen molar-refractivity contribution in [1.29, 1.82) is 0 Å². The second kappa shape index (κ2) is 12.0. The topological polar surface area (TPSA) is 40.6 Å². The molecule has 0 fully saturated rings. The molecule has 0 radical (unpaired) electrons. The Balaban J connectivity index is 1.73. The zero-order chi connectivity index (χ0) is 22.1. The van der Waals surface area contributed by atoms with Crippen LogP contribution in [0.3, 0.4) is 0 Å². The molecule has 0 amide bonds. The van der Waals surface area contributed by atoms with Gasteiger partial charge in [0.15, 0.2) is 0 Å². The Kier molecular flexibility index (Phi) is 10.1. The number of hydrogen-bond acceptors (Lipinski definition) is 4. The molecule has 0 aliphatic rings. The Labute approximate surface area is 198 Å². The first-order valence-electron chi connectivity index (χ1n) is 8.58. The number of rotatable bonds is 10. The van der Waals surface area contributed by atoms with Crippen molar-refractivity contribution >= 4 is 55.1 Å². The van der Waals surface area contributed by atoms with Crippen LogP contribution in [-0.2, 0) is 6.18 Å². The third-order valence-corrected chi connectivity index (χ3v) is 5.04. The first-order chi connectivity index (χ1) is 14.2. The molecule has 30 heavy (non-hydrogen) atoms. The predicted molar refractivity (Wildman–Crippen MR) is 117 cm³/mol. The van der Waals surface area contributed by atoms with E-state index in [9.17, 15) is 13.2 Å². The summed E-state index contributed by atoms with van der Waals surface area (Å²) in [5.41, 5.74) is -0.810. The molecule has 0 aliphatic carbocycles. The van der Waals surface area contributed by atoms with Crippen LogP contribution < -0.4 is 14.2 Å². The van der Waals surface area contributed by atoms with E-state index in [1.807, 2.05) is 0 Å². The molecule has 0 bridgehead atoms. The molecule has 1 aromatic heterocycles. The summed E-state index contributed by atoms with van der Waals surface area (Å²) in [7, 11) is 0. The van der Waals surface area contributed by atoms with Crippen molar-refractivity contribution in [2.24, 2.45) is 0 Å². The summed E-state index contributed by atoms with van der Waals surface area (Å²) in [5.74, 6) is 1.37. The molecule has 1 aromatic carbocycles. The molecule has 1 heterocycles. The van der Waals surface area contributed by atoms with Gasteiger partial charge in [0.2, 0.25) is 5.88 Å². The molecule has 0 saturated carbocycles. The van der Waals surface area contributed by atoms with E-state index in [4.69, 9.17) is 37.4 Å². The van der Waals surface area contributed by atoms with E-state index in [1.165, 1.54) is 12.1 Å². The molecule has 0 N–H and O–H groups in total. The van der Waals surface area contributed by atoms with Crippen molar-refractivity contribution in [3.8, 4) is 17.4 Å². The van der Waals surface area contributed by atoms with Crippen LogP contribution in [0.15, 0.2) is 50.0 Å². The van der Waals surface area contributed by atoms with E-state index in [1.54, 1.807) is 12.1 Å². The number of hydrogen-bond donors (Lipinski definition) is 0. The lowest BCUT2D eigenvalue weighted by atomic mass is 10.3. The quantitative estimate of drug-likeness (QED) is 0.267. The van der Waals surface area contributed by atoms with E-state index in [0.29, 0.717) is 46.5 Å². The van der Waals surface area contributed by atoms with Gasteiger partial charge < -0.3 is 14.2 Å². The summed E-state index contributed by atoms with van der Waals surface area (Å²) >= 11 is 17.9. The zero-order valence-corrected chi connectivity index (χ0v) is 20.0. The predicted octanol–water partition coefficient (Wildman–Crippen LogP) is 7.56. The van der Waals surface area contributed by atoms with Gasteiger partial charge in [-0.15, -0.1) is 0 Å². The second-order valence-corrected chi connectivity index (χ2v) is 8.52. The van der Waals surface area contributed by atoms with E-state index < -0.39 is 11.7 Å². The molecule has 0 saturated heterocycles. The summed E-state index contributed by atoms with van der Waals surface area (Å²) < 4.78 is 55.7. The van der Waals surface area contributed by atoms with E-state index in [2.05, 4.69) is 36.8 Å². The fraction of sp³-hybridized carbons (Fsp3) is 0.316. The summed E-state index contributed by atoms with van der Waals surface area (Å²) in [6.45, 7) is 0.967. The van der Waals surface area contributed by atoms with Crippen molar-refractivity contribution in [3.05, 3.63) is 55.5 Å². The molecule has 0 aliphatic heterocycles. The van der Waals surface area contributed by atoms with Gasteiger partial charge in [0.25, 0.3) is 0 Å². The Morgan fingerprint density at radius 3 is 2.17 bits per heavy atom. The van der Waals surface area contributed by atoms with Crippen molar-refractivity contribution in [2.45, 2.75) is 19.0 Å². The van der Waals surface area contributed by atoms with Crippen LogP contribution in [0.2, 0.25) is 0 Å². The van der Waals surface area contributed by atoms with Gasteiger partial charge >= 0.3 is 6.18 Å². The van der Waals surface area contributed by atoms with E-state index in [-0.39, 0.29) is 17.0 Å². The van der Waals surface area contributed by atoms with Gasteiger partial charge in [0, 0.05) is 12.3 Å². The first-order valence-corrected chi connectivity index (χ1v) is 10.9. The zero-order valence-electron chi connectivity index (χ0n) is 15.3. The molecule has 0 spiro atoms. The Hall–Kier alpha value is -1.16. The Morgan fingerprint density at radius 2 is 1.63 bits per heavy atom. The lowest BCUT2D eigenvalue weighted by Crippen LogP contribution is -2.07. The molecule has 0 atom stereocenters. The first kappa shape index (κ1) is 25.1. The highest BCUT2D eigenvalue weighted by Gasteiger charge is 2.30. The monoisotopic (exact) mass is 591 g/mol.